The molecule has 0 aliphatic rings. The number of hydrogen-bond donors (Lipinski definition) is 1. The van der Waals surface area contributed by atoms with E-state index in [-0.39, 0.29) is 5.91 Å². The van der Waals surface area contributed by atoms with Crippen molar-refractivity contribution in [1.29, 1.82) is 0 Å². The molecule has 0 spiro atoms. The van der Waals surface area contributed by atoms with Crippen molar-refractivity contribution in [3.05, 3.63) is 66.2 Å². The van der Waals surface area contributed by atoms with Crippen LogP contribution in [0.3, 0.4) is 0 Å². The van der Waals surface area contributed by atoms with Crippen LogP contribution in [-0.4, -0.2) is 25.7 Å². The predicted molar refractivity (Wildman–Crippen MR) is 78.3 cm³/mol. The maximum Gasteiger partial charge on any atom is 0.256 e. The summed E-state index contributed by atoms with van der Waals surface area (Å²) in [4.78, 5) is 20.3. The van der Waals surface area contributed by atoms with Crippen LogP contribution < -0.4 is 5.32 Å². The summed E-state index contributed by atoms with van der Waals surface area (Å²) in [6, 6.07) is 10.8. The summed E-state index contributed by atoms with van der Waals surface area (Å²) in [5, 5.41) is 6.85. The number of rotatable bonds is 3. The van der Waals surface area contributed by atoms with Gasteiger partial charge in [-0.25, -0.2) is 14.6 Å². The molecule has 3 aromatic rings. The molecule has 6 nitrogen and oxygen atoms in total. The zero-order chi connectivity index (χ0) is 14.7. The van der Waals surface area contributed by atoms with Crippen molar-refractivity contribution in [1.82, 2.24) is 19.7 Å². The van der Waals surface area contributed by atoms with Gasteiger partial charge < -0.3 is 5.32 Å². The van der Waals surface area contributed by atoms with Crippen molar-refractivity contribution < 1.29 is 4.79 Å². The normalized spacial score (nSPS) is 10.3. The first-order valence-electron chi connectivity index (χ1n) is 6.42. The SMILES string of the molecule is Cc1cccc(C(=O)Nc2cc(-n3cccn3)ncn2)c1. The van der Waals surface area contributed by atoms with Crippen molar-refractivity contribution in [3.8, 4) is 5.82 Å². The van der Waals surface area contributed by atoms with Crippen LogP contribution in [0.2, 0.25) is 0 Å². The molecular formula is C15H13N5O. The van der Waals surface area contributed by atoms with Crippen molar-refractivity contribution in [2.24, 2.45) is 0 Å². The first-order valence-corrected chi connectivity index (χ1v) is 6.42. The molecule has 1 amide bonds. The summed E-state index contributed by atoms with van der Waals surface area (Å²) >= 11 is 0. The quantitative estimate of drug-likeness (QED) is 0.798. The third-order valence-corrected chi connectivity index (χ3v) is 2.91. The zero-order valence-electron chi connectivity index (χ0n) is 11.4. The summed E-state index contributed by atoms with van der Waals surface area (Å²) < 4.78 is 1.60. The smallest absolute Gasteiger partial charge is 0.256 e. The van der Waals surface area contributed by atoms with E-state index in [0.717, 1.165) is 5.56 Å². The van der Waals surface area contributed by atoms with Crippen LogP contribution in [0.25, 0.3) is 5.82 Å². The van der Waals surface area contributed by atoms with E-state index in [1.54, 1.807) is 35.3 Å². The van der Waals surface area contributed by atoms with Gasteiger partial charge in [-0.2, -0.15) is 5.10 Å². The van der Waals surface area contributed by atoms with Gasteiger partial charge in [-0.1, -0.05) is 17.7 Å². The van der Waals surface area contributed by atoms with E-state index in [2.05, 4.69) is 20.4 Å². The first kappa shape index (κ1) is 13.0. The summed E-state index contributed by atoms with van der Waals surface area (Å²) in [5.41, 5.74) is 1.62. The Morgan fingerprint density at radius 1 is 1.19 bits per heavy atom. The molecule has 1 N–H and O–H groups in total. The number of hydrogen-bond acceptors (Lipinski definition) is 4. The Balaban J connectivity index is 1.82. The van der Waals surface area contributed by atoms with Crippen LogP contribution in [0, 0.1) is 6.92 Å². The van der Waals surface area contributed by atoms with E-state index in [1.807, 2.05) is 25.1 Å². The molecule has 0 saturated heterocycles. The fraction of sp³-hybridized carbons (Fsp3) is 0.0667. The van der Waals surface area contributed by atoms with Crippen LogP contribution in [-0.2, 0) is 0 Å². The monoisotopic (exact) mass is 279 g/mol. The van der Waals surface area contributed by atoms with E-state index in [9.17, 15) is 4.79 Å². The molecule has 0 bridgehead atoms. The number of carbonyl (C=O) groups excluding carboxylic acids is 1. The van der Waals surface area contributed by atoms with Gasteiger partial charge in [0.2, 0.25) is 0 Å². The maximum absolute atomic E-state index is 12.2. The molecule has 0 atom stereocenters. The molecule has 2 aromatic heterocycles. The highest BCUT2D eigenvalue weighted by Crippen LogP contribution is 2.10. The standard InChI is InChI=1S/C15H13N5O/c1-11-4-2-5-12(8-11)15(21)19-13-9-14(17-10-16-13)20-7-3-6-18-20/h2-10H,1H3,(H,16,17,19,21). The summed E-state index contributed by atoms with van der Waals surface area (Å²) in [6.07, 6.45) is 4.82. The van der Waals surface area contributed by atoms with Crippen molar-refractivity contribution in [3.63, 3.8) is 0 Å². The second kappa shape index (κ2) is 5.54. The van der Waals surface area contributed by atoms with Crippen molar-refractivity contribution >= 4 is 11.7 Å². The average molecular weight is 279 g/mol. The number of aryl methyl sites for hydroxylation is 1. The highest BCUT2D eigenvalue weighted by molar-refractivity contribution is 6.03. The number of nitrogens with zero attached hydrogens (tertiary/aromatic N) is 4. The Labute approximate surface area is 121 Å². The molecule has 0 saturated carbocycles. The van der Waals surface area contributed by atoms with Gasteiger partial charge in [0, 0.05) is 24.0 Å². The Kier molecular flexibility index (Phi) is 3.42. The van der Waals surface area contributed by atoms with Gasteiger partial charge in [-0.05, 0) is 25.1 Å². The predicted octanol–water partition coefficient (Wildman–Crippen LogP) is 2.22. The number of benzene rings is 1. The van der Waals surface area contributed by atoms with Gasteiger partial charge in [-0.3, -0.25) is 4.79 Å². The van der Waals surface area contributed by atoms with Crippen LogP contribution in [0.4, 0.5) is 5.82 Å². The largest absolute Gasteiger partial charge is 0.306 e. The molecule has 104 valence electrons. The molecule has 0 fully saturated rings. The van der Waals surface area contributed by atoms with Crippen LogP contribution in [0.15, 0.2) is 55.1 Å². The van der Waals surface area contributed by atoms with Gasteiger partial charge in [0.25, 0.3) is 5.91 Å². The third-order valence-electron chi connectivity index (χ3n) is 2.91. The topological polar surface area (TPSA) is 72.7 Å². The maximum atomic E-state index is 12.2. The molecule has 0 radical (unpaired) electrons. The lowest BCUT2D eigenvalue weighted by molar-refractivity contribution is 0.102. The number of aromatic nitrogens is 4. The summed E-state index contributed by atoms with van der Waals surface area (Å²) in [5.74, 6) is 0.820. The second-order valence-electron chi connectivity index (χ2n) is 4.54. The fourth-order valence-electron chi connectivity index (χ4n) is 1.92. The van der Waals surface area contributed by atoms with Gasteiger partial charge in [0.1, 0.15) is 12.1 Å². The molecule has 6 heteroatoms. The number of anilines is 1. The number of nitrogens with one attached hydrogen (secondary N) is 1. The van der Waals surface area contributed by atoms with E-state index in [0.29, 0.717) is 17.2 Å². The van der Waals surface area contributed by atoms with E-state index in [4.69, 9.17) is 0 Å². The minimum Gasteiger partial charge on any atom is -0.306 e. The molecule has 21 heavy (non-hydrogen) atoms. The molecule has 2 heterocycles. The lowest BCUT2D eigenvalue weighted by Crippen LogP contribution is -2.13. The van der Waals surface area contributed by atoms with E-state index < -0.39 is 0 Å². The van der Waals surface area contributed by atoms with E-state index >= 15 is 0 Å². The molecule has 3 rings (SSSR count). The number of amides is 1. The van der Waals surface area contributed by atoms with Crippen molar-refractivity contribution in [2.75, 3.05) is 5.32 Å². The van der Waals surface area contributed by atoms with Gasteiger partial charge >= 0.3 is 0 Å². The molecule has 0 aliphatic carbocycles. The minimum absolute atomic E-state index is 0.205. The van der Waals surface area contributed by atoms with Gasteiger partial charge in [0.15, 0.2) is 5.82 Å². The Hall–Kier alpha value is -3.02. The molecular weight excluding hydrogens is 266 g/mol. The van der Waals surface area contributed by atoms with Crippen molar-refractivity contribution in [2.45, 2.75) is 6.92 Å². The van der Waals surface area contributed by atoms with Crippen LogP contribution in [0.5, 0.6) is 0 Å². The average Bonchev–Trinajstić information content (AvgIpc) is 3.02. The van der Waals surface area contributed by atoms with Crippen LogP contribution in [0.1, 0.15) is 15.9 Å². The molecule has 0 aliphatic heterocycles. The highest BCUT2D eigenvalue weighted by atomic mass is 16.1. The third kappa shape index (κ3) is 2.94. The minimum atomic E-state index is -0.205. The van der Waals surface area contributed by atoms with E-state index in [1.165, 1.54) is 6.33 Å². The fourth-order valence-corrected chi connectivity index (χ4v) is 1.92. The lowest BCUT2D eigenvalue weighted by atomic mass is 10.1. The zero-order valence-corrected chi connectivity index (χ0v) is 11.4. The summed E-state index contributed by atoms with van der Waals surface area (Å²) in [7, 11) is 0. The molecule has 1 aromatic carbocycles. The lowest BCUT2D eigenvalue weighted by Gasteiger charge is -2.06. The highest BCUT2D eigenvalue weighted by Gasteiger charge is 2.08. The van der Waals surface area contributed by atoms with Gasteiger partial charge in [-0.15, -0.1) is 0 Å². The second-order valence-corrected chi connectivity index (χ2v) is 4.54. The first-order chi connectivity index (χ1) is 10.2. The Bertz CT molecular complexity index is 767. The molecule has 0 unspecified atom stereocenters. The Morgan fingerprint density at radius 3 is 2.86 bits per heavy atom. The van der Waals surface area contributed by atoms with Crippen LogP contribution >= 0.6 is 0 Å². The van der Waals surface area contributed by atoms with Gasteiger partial charge in [0.05, 0.1) is 0 Å². The Morgan fingerprint density at radius 2 is 2.10 bits per heavy atom. The summed E-state index contributed by atoms with van der Waals surface area (Å²) in [6.45, 7) is 1.94. The number of carbonyl (C=O) groups is 1.